The number of carbonyl (C=O) groups excluding carboxylic acids is 2. The number of nitrogens with one attached hydrogen (secondary N) is 1. The molecule has 0 bridgehead atoms. The number of allylic oxidation sites excluding steroid dienone is 3. The number of halogens is 6. The van der Waals surface area contributed by atoms with Crippen LogP contribution in [0.2, 0.25) is 0 Å². The second-order valence-corrected chi connectivity index (χ2v) is 10.8. The van der Waals surface area contributed by atoms with Crippen LogP contribution in [0.15, 0.2) is 53.9 Å². The molecule has 1 aliphatic carbocycles. The van der Waals surface area contributed by atoms with E-state index in [1.165, 1.54) is 6.92 Å². The predicted molar refractivity (Wildman–Crippen MR) is 131 cm³/mol. The maximum absolute atomic E-state index is 14.9. The Bertz CT molecular complexity index is 1490. The molecule has 12 heteroatoms. The fraction of sp³-hybridized carbons (Fsp3) is 0.393. The SMILES string of the molecule is C[C@@H]1[C@H](c2c(F)ccc(F)c2F)C[C@H](N2CC=CC3=C2CC2(C3)C(=O)Nc3ncccc32)C(=O)N1CC(F)(F)F. The topological polar surface area (TPSA) is 65.5 Å². The van der Waals surface area contributed by atoms with E-state index in [0.717, 1.165) is 11.6 Å². The smallest absolute Gasteiger partial charge is 0.359 e. The molecule has 4 heterocycles. The predicted octanol–water partition coefficient (Wildman–Crippen LogP) is 4.94. The fourth-order valence-electron chi connectivity index (χ4n) is 6.72. The number of alkyl halides is 3. The number of aromatic nitrogens is 1. The van der Waals surface area contributed by atoms with Gasteiger partial charge in [0.25, 0.3) is 0 Å². The average Bonchev–Trinajstić information content (AvgIpc) is 3.43. The molecule has 2 aromatic rings. The Balaban J connectivity index is 1.40. The zero-order valence-corrected chi connectivity index (χ0v) is 21.2. The van der Waals surface area contributed by atoms with Crippen molar-refractivity contribution in [2.24, 2.45) is 0 Å². The maximum Gasteiger partial charge on any atom is 0.406 e. The van der Waals surface area contributed by atoms with Crippen LogP contribution in [0, 0.1) is 17.5 Å². The number of nitrogens with zero attached hydrogens (tertiary/aromatic N) is 3. The summed E-state index contributed by atoms with van der Waals surface area (Å²) in [6.07, 6.45) is 0.560. The van der Waals surface area contributed by atoms with Gasteiger partial charge in [-0.05, 0) is 43.5 Å². The van der Waals surface area contributed by atoms with Gasteiger partial charge in [0.15, 0.2) is 11.6 Å². The van der Waals surface area contributed by atoms with E-state index in [-0.39, 0.29) is 25.3 Å². The summed E-state index contributed by atoms with van der Waals surface area (Å²) in [5.74, 6) is -5.86. The number of benzene rings is 1. The number of anilines is 1. The van der Waals surface area contributed by atoms with Crippen LogP contribution in [-0.4, -0.2) is 57.9 Å². The summed E-state index contributed by atoms with van der Waals surface area (Å²) < 4.78 is 84.9. The number of piperidine rings is 1. The van der Waals surface area contributed by atoms with Gasteiger partial charge in [0.1, 0.15) is 24.2 Å². The number of hydrogen-bond donors (Lipinski definition) is 1. The molecule has 0 saturated carbocycles. The molecule has 4 aliphatic rings. The Labute approximate surface area is 225 Å². The summed E-state index contributed by atoms with van der Waals surface area (Å²) in [6.45, 7) is -0.200. The van der Waals surface area contributed by atoms with Gasteiger partial charge in [0.05, 0.1) is 5.41 Å². The molecule has 1 fully saturated rings. The van der Waals surface area contributed by atoms with Crippen LogP contribution in [0.1, 0.15) is 43.2 Å². The first kappa shape index (κ1) is 26.4. The third-order valence-corrected chi connectivity index (χ3v) is 8.59. The number of rotatable bonds is 3. The lowest BCUT2D eigenvalue weighted by Gasteiger charge is -2.47. The molecule has 1 N–H and O–H groups in total. The van der Waals surface area contributed by atoms with Gasteiger partial charge in [-0.3, -0.25) is 9.59 Å². The van der Waals surface area contributed by atoms with Crippen molar-refractivity contribution in [2.45, 2.75) is 55.8 Å². The number of carbonyl (C=O) groups is 2. The van der Waals surface area contributed by atoms with Crippen molar-refractivity contribution < 1.29 is 35.9 Å². The third kappa shape index (κ3) is 3.98. The normalized spacial score (nSPS) is 27.9. The van der Waals surface area contributed by atoms with Crippen molar-refractivity contribution in [2.75, 3.05) is 18.4 Å². The van der Waals surface area contributed by atoms with Crippen LogP contribution in [0.5, 0.6) is 0 Å². The van der Waals surface area contributed by atoms with E-state index in [1.807, 2.05) is 6.08 Å². The number of pyridine rings is 1. The monoisotopic (exact) mass is 562 g/mol. The first-order chi connectivity index (χ1) is 18.9. The van der Waals surface area contributed by atoms with Crippen LogP contribution in [0.3, 0.4) is 0 Å². The van der Waals surface area contributed by atoms with Crippen LogP contribution in [0.25, 0.3) is 0 Å². The van der Waals surface area contributed by atoms with Crippen LogP contribution < -0.4 is 5.32 Å². The van der Waals surface area contributed by atoms with Gasteiger partial charge in [0, 0.05) is 47.9 Å². The Morgan fingerprint density at radius 3 is 2.60 bits per heavy atom. The Morgan fingerprint density at radius 2 is 1.85 bits per heavy atom. The second-order valence-electron chi connectivity index (χ2n) is 10.8. The Hall–Kier alpha value is -3.83. The highest BCUT2D eigenvalue weighted by Crippen LogP contribution is 2.53. The largest absolute Gasteiger partial charge is 0.406 e. The summed E-state index contributed by atoms with van der Waals surface area (Å²) in [5, 5.41) is 2.79. The van der Waals surface area contributed by atoms with Gasteiger partial charge in [-0.2, -0.15) is 13.2 Å². The van der Waals surface area contributed by atoms with E-state index >= 15 is 0 Å². The quantitative estimate of drug-likeness (QED) is 0.425. The zero-order valence-electron chi connectivity index (χ0n) is 21.2. The molecule has 1 aromatic heterocycles. The molecule has 6 nitrogen and oxygen atoms in total. The van der Waals surface area contributed by atoms with E-state index in [9.17, 15) is 35.9 Å². The highest BCUT2D eigenvalue weighted by Gasteiger charge is 2.55. The minimum Gasteiger partial charge on any atom is -0.359 e. The van der Waals surface area contributed by atoms with Crippen LogP contribution in [-0.2, 0) is 15.0 Å². The van der Waals surface area contributed by atoms with Crippen LogP contribution >= 0.6 is 0 Å². The average molecular weight is 563 g/mol. The van der Waals surface area contributed by atoms with Crippen molar-refractivity contribution in [1.29, 1.82) is 0 Å². The molecule has 3 aliphatic heterocycles. The van der Waals surface area contributed by atoms with Crippen molar-refractivity contribution in [3.8, 4) is 0 Å². The van der Waals surface area contributed by atoms with Gasteiger partial charge in [-0.25, -0.2) is 18.2 Å². The second kappa shape index (κ2) is 9.10. The van der Waals surface area contributed by atoms with E-state index in [0.29, 0.717) is 34.5 Å². The lowest BCUT2D eigenvalue weighted by atomic mass is 9.78. The highest BCUT2D eigenvalue weighted by atomic mass is 19.4. The molecule has 0 radical (unpaired) electrons. The van der Waals surface area contributed by atoms with E-state index < -0.39 is 65.1 Å². The number of amides is 2. The minimum atomic E-state index is -4.78. The molecule has 40 heavy (non-hydrogen) atoms. The molecule has 210 valence electrons. The number of hydrogen-bond acceptors (Lipinski definition) is 4. The maximum atomic E-state index is 14.9. The molecule has 1 aromatic carbocycles. The molecule has 1 saturated heterocycles. The zero-order chi connectivity index (χ0) is 28.6. The minimum absolute atomic E-state index is 0.141. The summed E-state index contributed by atoms with van der Waals surface area (Å²) in [7, 11) is 0. The van der Waals surface area contributed by atoms with Crippen molar-refractivity contribution >= 4 is 17.6 Å². The van der Waals surface area contributed by atoms with Crippen molar-refractivity contribution in [3.63, 3.8) is 0 Å². The highest BCUT2D eigenvalue weighted by molar-refractivity contribution is 6.06. The molecular formula is C28H24F6N4O2. The lowest BCUT2D eigenvalue weighted by Crippen LogP contribution is -2.60. The molecule has 4 atom stereocenters. The Morgan fingerprint density at radius 1 is 1.10 bits per heavy atom. The van der Waals surface area contributed by atoms with Crippen molar-refractivity contribution in [3.05, 3.63) is 82.5 Å². The molecule has 2 amide bonds. The van der Waals surface area contributed by atoms with Crippen LogP contribution in [0.4, 0.5) is 32.2 Å². The summed E-state index contributed by atoms with van der Waals surface area (Å²) >= 11 is 0. The van der Waals surface area contributed by atoms with E-state index in [2.05, 4.69) is 10.3 Å². The van der Waals surface area contributed by atoms with E-state index in [1.54, 1.807) is 29.3 Å². The number of likely N-dealkylation sites (tertiary alicyclic amines) is 1. The van der Waals surface area contributed by atoms with Crippen molar-refractivity contribution in [1.82, 2.24) is 14.8 Å². The van der Waals surface area contributed by atoms with Gasteiger partial charge < -0.3 is 15.1 Å². The molecular weight excluding hydrogens is 538 g/mol. The Kier molecular flexibility index (Phi) is 6.01. The lowest BCUT2D eigenvalue weighted by molar-refractivity contribution is -0.173. The molecule has 6 rings (SSSR count). The summed E-state index contributed by atoms with van der Waals surface area (Å²) in [5.41, 5.74) is 0.349. The van der Waals surface area contributed by atoms with Gasteiger partial charge in [0.2, 0.25) is 11.8 Å². The fourth-order valence-corrected chi connectivity index (χ4v) is 6.72. The first-order valence-electron chi connectivity index (χ1n) is 12.8. The molecule has 1 spiro atoms. The summed E-state index contributed by atoms with van der Waals surface area (Å²) in [6, 6.07) is 2.35. The van der Waals surface area contributed by atoms with Gasteiger partial charge in [-0.1, -0.05) is 18.2 Å². The molecule has 1 unspecified atom stereocenters. The first-order valence-corrected chi connectivity index (χ1v) is 12.8. The van der Waals surface area contributed by atoms with E-state index in [4.69, 9.17) is 0 Å². The third-order valence-electron chi connectivity index (χ3n) is 8.59. The standard InChI is InChI=1S/C28H24F6N4O2/c1-14-16(22-18(29)6-7-19(30)23(22)31)10-20(25(39)38(14)13-28(32,33)34)37-9-3-4-15-11-27(12-21(15)37)17-5-2-8-35-24(17)36-26(27)40/h2-8,14,16,20H,9-13H2,1H3,(H,35,36,40)/t14-,16-,20+,27?/m1/s1. The number of fused-ring (bicyclic) bond motifs is 2. The summed E-state index contributed by atoms with van der Waals surface area (Å²) in [4.78, 5) is 33.3. The van der Waals surface area contributed by atoms with Gasteiger partial charge in [-0.15, -0.1) is 0 Å². The van der Waals surface area contributed by atoms with Gasteiger partial charge >= 0.3 is 6.18 Å².